The van der Waals surface area contributed by atoms with Gasteiger partial charge < -0.3 is 24.5 Å². The Labute approximate surface area is 154 Å². The second-order valence-corrected chi connectivity index (χ2v) is 8.34. The molecule has 2 rings (SSSR count). The predicted octanol–water partition coefficient (Wildman–Crippen LogP) is 1.52. The van der Waals surface area contributed by atoms with Crippen molar-refractivity contribution in [2.45, 2.75) is 46.3 Å². The Morgan fingerprint density at radius 3 is 2.46 bits per heavy atom. The molecule has 2 aliphatic heterocycles. The van der Waals surface area contributed by atoms with E-state index in [-0.39, 0.29) is 18.7 Å². The summed E-state index contributed by atoms with van der Waals surface area (Å²) in [6, 6.07) is -0.0404. The molecule has 0 bridgehead atoms. The Morgan fingerprint density at radius 1 is 1.27 bits per heavy atom. The maximum atomic E-state index is 12.3. The monoisotopic (exact) mass is 365 g/mol. The standard InChI is InChI=1S/C17H27N5O4/c1-16(2,3)26-15(25)20-7-8-22-12(9-20)10-21(14(22)19-18-6)11-17(4,5)13(23)24/h12H,7-11H2,1-5H3,(H,23,24). The van der Waals surface area contributed by atoms with Gasteiger partial charge in [-0.2, -0.15) is 6.57 Å². The van der Waals surface area contributed by atoms with Gasteiger partial charge in [-0.05, 0) is 34.6 Å². The minimum atomic E-state index is -0.970. The van der Waals surface area contributed by atoms with Gasteiger partial charge in [0.15, 0.2) is 0 Å². The Morgan fingerprint density at radius 2 is 1.92 bits per heavy atom. The Bertz CT molecular complexity index is 647. The van der Waals surface area contributed by atoms with Crippen molar-refractivity contribution in [1.29, 1.82) is 0 Å². The van der Waals surface area contributed by atoms with Crippen molar-refractivity contribution >= 4 is 18.0 Å². The third-order valence-corrected chi connectivity index (χ3v) is 4.41. The van der Waals surface area contributed by atoms with Crippen LogP contribution in [0.3, 0.4) is 0 Å². The molecule has 2 fully saturated rings. The number of carboxylic acid groups (broad SMARTS) is 1. The Kier molecular flexibility index (Phi) is 5.35. The average Bonchev–Trinajstić information content (AvgIpc) is 2.82. The van der Waals surface area contributed by atoms with E-state index in [1.807, 2.05) is 30.6 Å². The molecule has 2 aliphatic rings. The summed E-state index contributed by atoms with van der Waals surface area (Å²) in [5, 5.41) is 13.3. The zero-order valence-corrected chi connectivity index (χ0v) is 16.0. The van der Waals surface area contributed by atoms with Crippen LogP contribution in [0.1, 0.15) is 34.6 Å². The van der Waals surface area contributed by atoms with Gasteiger partial charge in [-0.25, -0.2) is 4.79 Å². The van der Waals surface area contributed by atoms with Gasteiger partial charge in [0.05, 0.1) is 11.5 Å². The number of carbonyl (C=O) groups excluding carboxylic acids is 1. The third kappa shape index (κ3) is 4.36. The van der Waals surface area contributed by atoms with Crippen LogP contribution < -0.4 is 0 Å². The van der Waals surface area contributed by atoms with Crippen molar-refractivity contribution < 1.29 is 19.4 Å². The summed E-state index contributed by atoms with van der Waals surface area (Å²) in [5.41, 5.74) is -1.53. The molecule has 2 saturated heterocycles. The molecule has 2 heterocycles. The molecule has 1 atom stereocenters. The number of carbonyl (C=O) groups is 2. The van der Waals surface area contributed by atoms with Crippen molar-refractivity contribution in [1.82, 2.24) is 14.7 Å². The summed E-state index contributed by atoms with van der Waals surface area (Å²) in [6.45, 7) is 18.1. The normalized spacial score (nSPS) is 22.2. The van der Waals surface area contributed by atoms with Gasteiger partial charge in [0.1, 0.15) is 10.7 Å². The van der Waals surface area contributed by atoms with Crippen molar-refractivity contribution in [3.05, 3.63) is 11.5 Å². The van der Waals surface area contributed by atoms with E-state index in [4.69, 9.17) is 11.3 Å². The number of amides is 1. The maximum absolute atomic E-state index is 12.3. The highest BCUT2D eigenvalue weighted by atomic mass is 16.6. The lowest BCUT2D eigenvalue weighted by molar-refractivity contribution is -0.147. The molecule has 1 amide bonds. The summed E-state index contributed by atoms with van der Waals surface area (Å²) in [7, 11) is 0. The largest absolute Gasteiger partial charge is 0.481 e. The molecule has 144 valence electrons. The summed E-state index contributed by atoms with van der Waals surface area (Å²) < 4.78 is 5.44. The van der Waals surface area contributed by atoms with Crippen LogP contribution >= 0.6 is 0 Å². The van der Waals surface area contributed by atoms with Gasteiger partial charge in [0, 0.05) is 32.7 Å². The molecule has 0 aromatic heterocycles. The second-order valence-electron chi connectivity index (χ2n) is 8.34. The zero-order chi connectivity index (χ0) is 19.7. The van der Waals surface area contributed by atoms with Crippen LogP contribution in [0, 0.1) is 12.0 Å². The van der Waals surface area contributed by atoms with Gasteiger partial charge in [-0.3, -0.25) is 4.79 Å². The number of fused-ring (bicyclic) bond motifs is 1. The first kappa shape index (κ1) is 19.8. The van der Waals surface area contributed by atoms with Crippen LogP contribution in [-0.4, -0.2) is 82.2 Å². The first-order valence-corrected chi connectivity index (χ1v) is 8.62. The quantitative estimate of drug-likeness (QED) is 0.602. The summed E-state index contributed by atoms with van der Waals surface area (Å²) in [5.74, 6) is -0.414. The van der Waals surface area contributed by atoms with Crippen LogP contribution in [-0.2, 0) is 9.53 Å². The van der Waals surface area contributed by atoms with Crippen LogP contribution in [0.15, 0.2) is 5.10 Å². The van der Waals surface area contributed by atoms with E-state index in [1.54, 1.807) is 18.7 Å². The number of hydrogen-bond acceptors (Lipinski definition) is 4. The fourth-order valence-electron chi connectivity index (χ4n) is 3.13. The number of carboxylic acids is 1. The summed E-state index contributed by atoms with van der Waals surface area (Å²) >= 11 is 0. The van der Waals surface area contributed by atoms with E-state index >= 15 is 0 Å². The van der Waals surface area contributed by atoms with Crippen molar-refractivity contribution in [3.63, 3.8) is 0 Å². The van der Waals surface area contributed by atoms with E-state index < -0.39 is 17.0 Å². The number of hydrogen-bond donors (Lipinski definition) is 1. The molecular weight excluding hydrogens is 338 g/mol. The molecule has 9 nitrogen and oxygen atoms in total. The molecule has 9 heteroatoms. The average molecular weight is 365 g/mol. The summed E-state index contributed by atoms with van der Waals surface area (Å²) in [4.78, 5) is 32.4. The number of guanidine groups is 1. The molecule has 26 heavy (non-hydrogen) atoms. The highest BCUT2D eigenvalue weighted by molar-refractivity contribution is 5.84. The van der Waals surface area contributed by atoms with E-state index in [0.717, 1.165) is 0 Å². The highest BCUT2D eigenvalue weighted by Crippen LogP contribution is 2.26. The van der Waals surface area contributed by atoms with Crippen LogP contribution in [0.2, 0.25) is 0 Å². The molecule has 1 N–H and O–H groups in total. The summed E-state index contributed by atoms with van der Waals surface area (Å²) in [6.07, 6.45) is -0.356. The smallest absolute Gasteiger partial charge is 0.410 e. The number of piperazine rings is 1. The molecule has 0 aromatic rings. The van der Waals surface area contributed by atoms with Crippen molar-refractivity contribution in [2.75, 3.05) is 32.7 Å². The van der Waals surface area contributed by atoms with E-state index in [0.29, 0.717) is 32.1 Å². The molecule has 0 spiro atoms. The van der Waals surface area contributed by atoms with Crippen molar-refractivity contribution in [3.8, 4) is 0 Å². The number of ether oxygens (including phenoxy) is 1. The zero-order valence-electron chi connectivity index (χ0n) is 16.0. The highest BCUT2D eigenvalue weighted by Gasteiger charge is 2.45. The lowest BCUT2D eigenvalue weighted by Crippen LogP contribution is -2.54. The molecule has 0 aliphatic carbocycles. The van der Waals surface area contributed by atoms with Crippen molar-refractivity contribution in [2.24, 2.45) is 10.5 Å². The first-order chi connectivity index (χ1) is 11.9. The molecule has 0 saturated carbocycles. The lowest BCUT2D eigenvalue weighted by Gasteiger charge is -2.37. The van der Waals surface area contributed by atoms with Crippen LogP contribution in [0.25, 0.3) is 4.95 Å². The number of rotatable bonds is 3. The van der Waals surface area contributed by atoms with Gasteiger partial charge in [-0.1, -0.05) is 0 Å². The van der Waals surface area contributed by atoms with E-state index in [2.05, 4.69) is 10.1 Å². The van der Waals surface area contributed by atoms with Crippen LogP contribution in [0.4, 0.5) is 4.79 Å². The molecular formula is C17H27N5O4. The minimum absolute atomic E-state index is 0.0404. The molecule has 1 unspecified atom stereocenters. The fraction of sp³-hybridized carbons (Fsp3) is 0.765. The maximum Gasteiger partial charge on any atom is 0.410 e. The van der Waals surface area contributed by atoms with E-state index in [1.165, 1.54) is 0 Å². The Hall–Kier alpha value is -2.50. The Balaban J connectivity index is 2.13. The predicted molar refractivity (Wildman–Crippen MR) is 95.3 cm³/mol. The van der Waals surface area contributed by atoms with Gasteiger partial charge in [0.2, 0.25) is 0 Å². The van der Waals surface area contributed by atoms with Crippen LogP contribution in [0.5, 0.6) is 0 Å². The molecule has 0 radical (unpaired) electrons. The van der Waals surface area contributed by atoms with Gasteiger partial charge >= 0.3 is 12.1 Å². The third-order valence-electron chi connectivity index (χ3n) is 4.41. The second kappa shape index (κ2) is 7.02. The van der Waals surface area contributed by atoms with Gasteiger partial charge in [0.25, 0.3) is 5.96 Å². The lowest BCUT2D eigenvalue weighted by atomic mass is 9.93. The minimum Gasteiger partial charge on any atom is -0.481 e. The van der Waals surface area contributed by atoms with Gasteiger partial charge in [-0.15, -0.1) is 4.95 Å². The SMILES string of the molecule is [C-]#[N+]N=C1N(CC(C)(C)C(=O)O)CC2CN(C(=O)OC(C)(C)C)CCN12. The molecule has 0 aromatic carbocycles. The van der Waals surface area contributed by atoms with E-state index in [9.17, 15) is 14.7 Å². The number of nitrogens with zero attached hydrogens (tertiary/aromatic N) is 5. The number of aliphatic carboxylic acids is 1. The fourth-order valence-corrected chi connectivity index (χ4v) is 3.13. The topological polar surface area (TPSA) is 90.0 Å². The first-order valence-electron chi connectivity index (χ1n) is 8.62.